The second kappa shape index (κ2) is 8.12. The summed E-state index contributed by atoms with van der Waals surface area (Å²) in [5.41, 5.74) is 0.445. The molecule has 23 heavy (non-hydrogen) atoms. The molecule has 2 N–H and O–H groups in total. The molecule has 1 fully saturated rings. The molecule has 2 rings (SSSR count). The van der Waals surface area contributed by atoms with Crippen LogP contribution in [-0.4, -0.2) is 52.5 Å². The number of hydrogen-bond acceptors (Lipinski definition) is 5. The van der Waals surface area contributed by atoms with Gasteiger partial charge in [-0.2, -0.15) is 0 Å². The predicted molar refractivity (Wildman–Crippen MR) is 84.5 cm³/mol. The lowest BCUT2D eigenvalue weighted by atomic mass is 9.97. The lowest BCUT2D eigenvalue weighted by molar-refractivity contribution is -0.143. The molecule has 7 heteroatoms. The number of nitrogens with zero attached hydrogens (tertiary/aromatic N) is 2. The summed E-state index contributed by atoms with van der Waals surface area (Å²) in [7, 11) is 1.64. The fourth-order valence-electron chi connectivity index (χ4n) is 2.89. The first-order chi connectivity index (χ1) is 11.0. The second-order valence-electron chi connectivity index (χ2n) is 5.94. The van der Waals surface area contributed by atoms with E-state index in [1.54, 1.807) is 7.11 Å². The highest BCUT2D eigenvalue weighted by atomic mass is 16.5. The molecule has 7 nitrogen and oxygen atoms in total. The standard InChI is InChI=1S/C16H24N2O5/c1-23-8-2-5-18-11-15(20)14(19)9-13(18)10-17-6-3-12(4-7-17)16(21)22/h9,11-12,20H,2-8,10H2,1H3,(H,21,22). The second-order valence-corrected chi connectivity index (χ2v) is 5.94. The summed E-state index contributed by atoms with van der Waals surface area (Å²) >= 11 is 0. The molecule has 1 aliphatic heterocycles. The van der Waals surface area contributed by atoms with Gasteiger partial charge in [0.2, 0.25) is 5.43 Å². The molecule has 128 valence electrons. The van der Waals surface area contributed by atoms with Crippen molar-refractivity contribution in [2.75, 3.05) is 26.8 Å². The van der Waals surface area contributed by atoms with Crippen molar-refractivity contribution in [3.05, 3.63) is 28.2 Å². The van der Waals surface area contributed by atoms with Crippen LogP contribution in [0.15, 0.2) is 17.1 Å². The first-order valence-electron chi connectivity index (χ1n) is 7.87. The van der Waals surface area contributed by atoms with Gasteiger partial charge in [-0.05, 0) is 32.4 Å². The number of aromatic nitrogens is 1. The fourth-order valence-corrected chi connectivity index (χ4v) is 2.89. The summed E-state index contributed by atoms with van der Waals surface area (Å²) < 4.78 is 6.91. The van der Waals surface area contributed by atoms with Crippen molar-refractivity contribution >= 4 is 5.97 Å². The highest BCUT2D eigenvalue weighted by Crippen LogP contribution is 2.19. The van der Waals surface area contributed by atoms with E-state index in [-0.39, 0.29) is 17.1 Å². The van der Waals surface area contributed by atoms with Crippen molar-refractivity contribution in [1.29, 1.82) is 0 Å². The number of aliphatic carboxylic acids is 1. The minimum atomic E-state index is -0.731. The third-order valence-electron chi connectivity index (χ3n) is 4.27. The Balaban J connectivity index is 2.05. The van der Waals surface area contributed by atoms with Crippen LogP contribution in [-0.2, 0) is 22.6 Å². The van der Waals surface area contributed by atoms with Gasteiger partial charge in [0.1, 0.15) is 0 Å². The molecule has 0 spiro atoms. The molecule has 0 bridgehead atoms. The Kier molecular flexibility index (Phi) is 6.18. The highest BCUT2D eigenvalue weighted by Gasteiger charge is 2.24. The van der Waals surface area contributed by atoms with Crippen LogP contribution in [0.4, 0.5) is 0 Å². The van der Waals surface area contributed by atoms with E-state index in [4.69, 9.17) is 9.84 Å². The molecule has 1 aliphatic rings. The van der Waals surface area contributed by atoms with Crippen LogP contribution in [0.25, 0.3) is 0 Å². The molecule has 0 aliphatic carbocycles. The lowest BCUT2D eigenvalue weighted by Gasteiger charge is -2.30. The molecule has 0 radical (unpaired) electrons. The van der Waals surface area contributed by atoms with Crippen LogP contribution in [0, 0.1) is 5.92 Å². The number of rotatable bonds is 7. The smallest absolute Gasteiger partial charge is 0.306 e. The molecule has 1 aromatic heterocycles. The van der Waals surface area contributed by atoms with Crippen molar-refractivity contribution in [3.63, 3.8) is 0 Å². The van der Waals surface area contributed by atoms with Gasteiger partial charge in [0.15, 0.2) is 5.75 Å². The number of likely N-dealkylation sites (tertiary alicyclic amines) is 1. The molecular formula is C16H24N2O5. The van der Waals surface area contributed by atoms with Gasteiger partial charge in [0.05, 0.1) is 12.1 Å². The normalized spacial score (nSPS) is 16.6. The molecule has 0 aromatic carbocycles. The largest absolute Gasteiger partial charge is 0.503 e. The van der Waals surface area contributed by atoms with Gasteiger partial charge in [0.25, 0.3) is 0 Å². The van der Waals surface area contributed by atoms with Crippen molar-refractivity contribution in [2.45, 2.75) is 32.4 Å². The number of carboxylic acids is 1. The Labute approximate surface area is 135 Å². The Morgan fingerprint density at radius 1 is 1.39 bits per heavy atom. The van der Waals surface area contributed by atoms with Gasteiger partial charge < -0.3 is 19.5 Å². The average molecular weight is 324 g/mol. The van der Waals surface area contributed by atoms with E-state index in [1.165, 1.54) is 12.3 Å². The van der Waals surface area contributed by atoms with Crippen LogP contribution >= 0.6 is 0 Å². The van der Waals surface area contributed by atoms with E-state index < -0.39 is 5.97 Å². The van der Waals surface area contributed by atoms with Gasteiger partial charge in [-0.15, -0.1) is 0 Å². The van der Waals surface area contributed by atoms with Crippen LogP contribution in [0.2, 0.25) is 0 Å². The molecule has 0 amide bonds. The number of carboxylic acid groups (broad SMARTS) is 1. The van der Waals surface area contributed by atoms with E-state index in [1.807, 2.05) is 4.57 Å². The number of piperidine rings is 1. The summed E-state index contributed by atoms with van der Waals surface area (Å²) in [4.78, 5) is 24.9. The molecule has 0 atom stereocenters. The maximum Gasteiger partial charge on any atom is 0.306 e. The maximum absolute atomic E-state index is 11.7. The number of ether oxygens (including phenoxy) is 1. The summed E-state index contributed by atoms with van der Waals surface area (Å²) in [6.45, 7) is 3.24. The first kappa shape index (κ1) is 17.5. The summed E-state index contributed by atoms with van der Waals surface area (Å²) in [6, 6.07) is 1.46. The van der Waals surface area contributed by atoms with Crippen LogP contribution in [0.1, 0.15) is 25.0 Å². The quantitative estimate of drug-likeness (QED) is 0.724. The third kappa shape index (κ3) is 4.80. The van der Waals surface area contributed by atoms with Gasteiger partial charge in [0, 0.05) is 38.6 Å². The minimum Gasteiger partial charge on any atom is -0.503 e. The van der Waals surface area contributed by atoms with Crippen LogP contribution < -0.4 is 5.43 Å². The number of aryl methyl sites for hydroxylation is 1. The number of carbonyl (C=O) groups is 1. The highest BCUT2D eigenvalue weighted by molar-refractivity contribution is 5.70. The monoisotopic (exact) mass is 324 g/mol. The minimum absolute atomic E-state index is 0.254. The molecule has 1 saturated heterocycles. The van der Waals surface area contributed by atoms with E-state index >= 15 is 0 Å². The van der Waals surface area contributed by atoms with Crippen LogP contribution in [0.3, 0.4) is 0 Å². The van der Waals surface area contributed by atoms with Crippen molar-refractivity contribution in [3.8, 4) is 5.75 Å². The molecule has 2 heterocycles. The predicted octanol–water partition coefficient (Wildman–Crippen LogP) is 0.887. The van der Waals surface area contributed by atoms with E-state index in [9.17, 15) is 14.7 Å². The average Bonchev–Trinajstić information content (AvgIpc) is 2.52. The van der Waals surface area contributed by atoms with E-state index in [0.29, 0.717) is 45.6 Å². The zero-order valence-corrected chi connectivity index (χ0v) is 13.4. The summed E-state index contributed by atoms with van der Waals surface area (Å²) in [5.74, 6) is -1.25. The first-order valence-corrected chi connectivity index (χ1v) is 7.87. The Bertz CT molecular complexity index is 591. The maximum atomic E-state index is 11.7. The topological polar surface area (TPSA) is 92.0 Å². The Hall–Kier alpha value is -1.86. The lowest BCUT2D eigenvalue weighted by Crippen LogP contribution is -2.36. The Morgan fingerprint density at radius 3 is 2.70 bits per heavy atom. The third-order valence-corrected chi connectivity index (χ3v) is 4.27. The van der Waals surface area contributed by atoms with Gasteiger partial charge in [-0.3, -0.25) is 14.5 Å². The van der Waals surface area contributed by atoms with E-state index in [2.05, 4.69) is 4.90 Å². The van der Waals surface area contributed by atoms with Crippen LogP contribution in [0.5, 0.6) is 5.75 Å². The molecular weight excluding hydrogens is 300 g/mol. The van der Waals surface area contributed by atoms with Crippen molar-refractivity contribution in [1.82, 2.24) is 9.47 Å². The molecule has 0 unspecified atom stereocenters. The molecule has 1 aromatic rings. The molecule has 0 saturated carbocycles. The number of methoxy groups -OCH3 is 1. The summed E-state index contributed by atoms with van der Waals surface area (Å²) in [6.07, 6.45) is 3.51. The van der Waals surface area contributed by atoms with Gasteiger partial charge in [-0.25, -0.2) is 0 Å². The zero-order valence-electron chi connectivity index (χ0n) is 13.4. The van der Waals surface area contributed by atoms with Gasteiger partial charge in [-0.1, -0.05) is 0 Å². The Morgan fingerprint density at radius 2 is 2.09 bits per heavy atom. The number of aromatic hydroxyl groups is 1. The van der Waals surface area contributed by atoms with Crippen molar-refractivity contribution < 1.29 is 19.7 Å². The summed E-state index contributed by atoms with van der Waals surface area (Å²) in [5, 5.41) is 18.7. The zero-order chi connectivity index (χ0) is 16.8. The number of hydrogen-bond donors (Lipinski definition) is 2. The van der Waals surface area contributed by atoms with Crippen molar-refractivity contribution in [2.24, 2.45) is 5.92 Å². The fraction of sp³-hybridized carbons (Fsp3) is 0.625. The van der Waals surface area contributed by atoms with E-state index in [0.717, 1.165) is 12.1 Å². The SMILES string of the molecule is COCCCn1cc(O)c(=O)cc1CN1CCC(C(=O)O)CC1. The number of pyridine rings is 1. The van der Waals surface area contributed by atoms with Gasteiger partial charge >= 0.3 is 5.97 Å².